The summed E-state index contributed by atoms with van der Waals surface area (Å²) in [6.07, 6.45) is 1.74. The fourth-order valence-corrected chi connectivity index (χ4v) is 2.11. The Kier molecular flexibility index (Phi) is 3.27. The van der Waals surface area contributed by atoms with Gasteiger partial charge < -0.3 is 11.1 Å². The Hall–Kier alpha value is -2.89. The SMILES string of the molecule is Cc1cccnc1CNc1nc2ccc(N)cc2c(=O)[nH]1. The lowest BCUT2D eigenvalue weighted by Crippen LogP contribution is -2.14. The van der Waals surface area contributed by atoms with Crippen molar-refractivity contribution < 1.29 is 0 Å². The number of fused-ring (bicyclic) bond motifs is 1. The molecule has 3 rings (SSSR count). The molecule has 0 saturated carbocycles. The third-order valence-corrected chi connectivity index (χ3v) is 3.27. The zero-order valence-corrected chi connectivity index (χ0v) is 11.6. The highest BCUT2D eigenvalue weighted by Crippen LogP contribution is 2.13. The van der Waals surface area contributed by atoms with Crippen LogP contribution in [-0.2, 0) is 6.54 Å². The van der Waals surface area contributed by atoms with Crippen LogP contribution in [0.4, 0.5) is 11.6 Å². The van der Waals surface area contributed by atoms with E-state index in [1.807, 2.05) is 19.1 Å². The maximum atomic E-state index is 12.0. The van der Waals surface area contributed by atoms with Gasteiger partial charge in [-0.25, -0.2) is 4.98 Å². The molecule has 3 aromatic rings. The lowest BCUT2D eigenvalue weighted by molar-refractivity contribution is 0.985. The van der Waals surface area contributed by atoms with E-state index in [0.29, 0.717) is 29.1 Å². The fraction of sp³-hybridized carbons (Fsp3) is 0.133. The molecule has 0 aliphatic heterocycles. The van der Waals surface area contributed by atoms with Crippen LogP contribution in [-0.4, -0.2) is 15.0 Å². The Labute approximate surface area is 121 Å². The summed E-state index contributed by atoms with van der Waals surface area (Å²) in [7, 11) is 0. The monoisotopic (exact) mass is 281 g/mol. The van der Waals surface area contributed by atoms with Crippen LogP contribution in [0.15, 0.2) is 41.3 Å². The maximum Gasteiger partial charge on any atom is 0.260 e. The number of nitrogens with two attached hydrogens (primary N) is 1. The second-order valence-corrected chi connectivity index (χ2v) is 4.81. The van der Waals surface area contributed by atoms with Crippen molar-refractivity contribution in [2.24, 2.45) is 0 Å². The Balaban J connectivity index is 1.90. The van der Waals surface area contributed by atoms with Gasteiger partial charge in [-0.3, -0.25) is 14.8 Å². The van der Waals surface area contributed by atoms with Gasteiger partial charge in [0.05, 0.1) is 23.1 Å². The highest BCUT2D eigenvalue weighted by molar-refractivity contribution is 5.81. The second kappa shape index (κ2) is 5.24. The van der Waals surface area contributed by atoms with Crippen molar-refractivity contribution in [2.45, 2.75) is 13.5 Å². The molecule has 1 aromatic carbocycles. The topological polar surface area (TPSA) is 96.7 Å². The fourth-order valence-electron chi connectivity index (χ4n) is 2.11. The molecule has 0 atom stereocenters. The number of aryl methyl sites for hydroxylation is 1. The van der Waals surface area contributed by atoms with Crippen molar-refractivity contribution in [1.29, 1.82) is 0 Å². The van der Waals surface area contributed by atoms with Crippen molar-refractivity contribution in [3.63, 3.8) is 0 Å². The first-order chi connectivity index (χ1) is 10.1. The van der Waals surface area contributed by atoms with Crippen molar-refractivity contribution in [1.82, 2.24) is 15.0 Å². The van der Waals surface area contributed by atoms with Gasteiger partial charge in [-0.05, 0) is 36.8 Å². The molecule has 0 aliphatic rings. The van der Waals surface area contributed by atoms with Crippen LogP contribution >= 0.6 is 0 Å². The largest absolute Gasteiger partial charge is 0.399 e. The molecule has 6 heteroatoms. The van der Waals surface area contributed by atoms with Gasteiger partial charge in [0, 0.05) is 11.9 Å². The van der Waals surface area contributed by atoms with Gasteiger partial charge in [-0.15, -0.1) is 0 Å². The maximum absolute atomic E-state index is 12.0. The Morgan fingerprint density at radius 1 is 1.33 bits per heavy atom. The summed E-state index contributed by atoms with van der Waals surface area (Å²) >= 11 is 0. The second-order valence-electron chi connectivity index (χ2n) is 4.81. The number of nitrogens with zero attached hydrogens (tertiary/aromatic N) is 2. The molecular weight excluding hydrogens is 266 g/mol. The van der Waals surface area contributed by atoms with Gasteiger partial charge >= 0.3 is 0 Å². The molecule has 4 N–H and O–H groups in total. The number of hydrogen-bond acceptors (Lipinski definition) is 5. The van der Waals surface area contributed by atoms with Crippen molar-refractivity contribution in [3.05, 3.63) is 58.1 Å². The van der Waals surface area contributed by atoms with E-state index < -0.39 is 0 Å². The standard InChI is InChI=1S/C15H15N5O/c1-9-3-2-6-17-13(9)8-18-15-19-12-5-4-10(16)7-11(12)14(21)20-15/h2-7H,8,16H2,1H3,(H2,18,19,20,21). The Bertz CT molecular complexity index is 856. The quantitative estimate of drug-likeness (QED) is 0.636. The van der Waals surface area contributed by atoms with Gasteiger partial charge in [0.15, 0.2) is 0 Å². The summed E-state index contributed by atoms with van der Waals surface area (Å²) in [6.45, 7) is 2.49. The van der Waals surface area contributed by atoms with E-state index in [1.165, 1.54) is 0 Å². The van der Waals surface area contributed by atoms with Crippen LogP contribution in [0.5, 0.6) is 0 Å². The number of hydrogen-bond donors (Lipinski definition) is 3. The lowest BCUT2D eigenvalue weighted by Gasteiger charge is -2.08. The zero-order chi connectivity index (χ0) is 14.8. The summed E-state index contributed by atoms with van der Waals surface area (Å²) in [5, 5.41) is 3.57. The average Bonchev–Trinajstić information content (AvgIpc) is 2.47. The van der Waals surface area contributed by atoms with Gasteiger partial charge in [-0.2, -0.15) is 0 Å². The number of nitrogen functional groups attached to an aromatic ring is 1. The molecule has 106 valence electrons. The summed E-state index contributed by atoms with van der Waals surface area (Å²) in [5.74, 6) is 0.419. The van der Waals surface area contributed by atoms with Gasteiger partial charge in [0.1, 0.15) is 0 Å². The summed E-state index contributed by atoms with van der Waals surface area (Å²) in [4.78, 5) is 23.4. The van der Waals surface area contributed by atoms with Crippen LogP contribution in [0.2, 0.25) is 0 Å². The number of nitrogens with one attached hydrogen (secondary N) is 2. The molecule has 0 bridgehead atoms. The minimum absolute atomic E-state index is 0.215. The number of anilines is 2. The molecule has 0 fully saturated rings. The third kappa shape index (κ3) is 2.69. The molecule has 0 amide bonds. The smallest absolute Gasteiger partial charge is 0.260 e. The number of aromatic nitrogens is 3. The van der Waals surface area contributed by atoms with Crippen molar-refractivity contribution in [2.75, 3.05) is 11.1 Å². The molecule has 2 heterocycles. The van der Waals surface area contributed by atoms with E-state index in [2.05, 4.69) is 20.3 Å². The van der Waals surface area contributed by atoms with E-state index in [4.69, 9.17) is 5.73 Å². The summed E-state index contributed by atoms with van der Waals surface area (Å²) < 4.78 is 0. The van der Waals surface area contributed by atoms with E-state index in [0.717, 1.165) is 11.3 Å². The van der Waals surface area contributed by atoms with E-state index >= 15 is 0 Å². The predicted octanol–water partition coefficient (Wildman–Crippen LogP) is 1.82. The molecule has 21 heavy (non-hydrogen) atoms. The molecule has 0 radical (unpaired) electrons. The molecule has 2 aromatic heterocycles. The molecule has 0 spiro atoms. The third-order valence-electron chi connectivity index (χ3n) is 3.27. The Morgan fingerprint density at radius 2 is 2.19 bits per heavy atom. The van der Waals surface area contributed by atoms with E-state index in [-0.39, 0.29) is 5.56 Å². The van der Waals surface area contributed by atoms with Crippen LogP contribution in [0, 0.1) is 6.92 Å². The molecular formula is C15H15N5O. The number of benzene rings is 1. The number of pyridine rings is 1. The Morgan fingerprint density at radius 3 is 3.00 bits per heavy atom. The first kappa shape index (κ1) is 13.1. The van der Waals surface area contributed by atoms with Crippen molar-refractivity contribution in [3.8, 4) is 0 Å². The number of rotatable bonds is 3. The van der Waals surface area contributed by atoms with E-state index in [9.17, 15) is 4.79 Å². The van der Waals surface area contributed by atoms with Crippen LogP contribution in [0.3, 0.4) is 0 Å². The molecule has 0 saturated heterocycles. The van der Waals surface area contributed by atoms with Crippen LogP contribution in [0.25, 0.3) is 10.9 Å². The van der Waals surface area contributed by atoms with Crippen LogP contribution in [0.1, 0.15) is 11.3 Å². The molecule has 0 unspecified atom stereocenters. The minimum Gasteiger partial charge on any atom is -0.399 e. The van der Waals surface area contributed by atoms with Gasteiger partial charge in [-0.1, -0.05) is 6.07 Å². The minimum atomic E-state index is -0.215. The normalized spacial score (nSPS) is 10.7. The average molecular weight is 281 g/mol. The highest BCUT2D eigenvalue weighted by atomic mass is 16.1. The van der Waals surface area contributed by atoms with Gasteiger partial charge in [0.2, 0.25) is 5.95 Å². The number of aromatic amines is 1. The predicted molar refractivity (Wildman–Crippen MR) is 83.1 cm³/mol. The lowest BCUT2D eigenvalue weighted by atomic mass is 10.2. The van der Waals surface area contributed by atoms with Crippen LogP contribution < -0.4 is 16.6 Å². The summed E-state index contributed by atoms with van der Waals surface area (Å²) in [5.41, 5.74) is 8.61. The molecule has 6 nitrogen and oxygen atoms in total. The molecule has 0 aliphatic carbocycles. The van der Waals surface area contributed by atoms with Crippen molar-refractivity contribution >= 4 is 22.5 Å². The first-order valence-electron chi connectivity index (χ1n) is 6.57. The number of H-pyrrole nitrogens is 1. The van der Waals surface area contributed by atoms with E-state index in [1.54, 1.807) is 24.4 Å². The zero-order valence-electron chi connectivity index (χ0n) is 11.6. The van der Waals surface area contributed by atoms with Gasteiger partial charge in [0.25, 0.3) is 5.56 Å². The highest BCUT2D eigenvalue weighted by Gasteiger charge is 2.05. The summed E-state index contributed by atoms with van der Waals surface area (Å²) in [6, 6.07) is 8.95. The first-order valence-corrected chi connectivity index (χ1v) is 6.57.